The Morgan fingerprint density at radius 2 is 2.27 bits per heavy atom. The van der Waals surface area contributed by atoms with Crippen LogP contribution in [0.15, 0.2) is 17.1 Å². The van der Waals surface area contributed by atoms with Gasteiger partial charge in [-0.05, 0) is 19.9 Å². The molecule has 0 aromatic rings. The second kappa shape index (κ2) is 5.65. The molecule has 0 saturated heterocycles. The third-order valence-corrected chi connectivity index (χ3v) is 1.16. The van der Waals surface area contributed by atoms with Gasteiger partial charge in [0.15, 0.2) is 0 Å². The Morgan fingerprint density at radius 1 is 1.64 bits per heavy atom. The second-order valence-electron chi connectivity index (χ2n) is 2.02. The summed E-state index contributed by atoms with van der Waals surface area (Å²) in [5.41, 5.74) is 0.428. The molecule has 62 valence electrons. The lowest BCUT2D eigenvalue weighted by atomic mass is 10.3. The molecule has 0 aliphatic carbocycles. The Balaban J connectivity index is 4.16. The van der Waals surface area contributed by atoms with Crippen LogP contribution in [-0.4, -0.2) is 25.1 Å². The third-order valence-electron chi connectivity index (χ3n) is 1.16. The van der Waals surface area contributed by atoms with Gasteiger partial charge in [0.1, 0.15) is 5.84 Å². The van der Waals surface area contributed by atoms with E-state index < -0.39 is 0 Å². The first kappa shape index (κ1) is 9.88. The number of nitrogens with one attached hydrogen (secondary N) is 2. The van der Waals surface area contributed by atoms with E-state index in [9.17, 15) is 0 Å². The Morgan fingerprint density at radius 3 is 2.64 bits per heavy atom. The average Bonchev–Trinajstić information content (AvgIpc) is 2.00. The van der Waals surface area contributed by atoms with Crippen LogP contribution in [0.4, 0.5) is 0 Å². The highest BCUT2D eigenvalue weighted by Gasteiger charge is 1.98. The maximum atomic E-state index is 7.47. The number of amidine groups is 1. The van der Waals surface area contributed by atoms with Crippen molar-refractivity contribution < 1.29 is 0 Å². The fourth-order valence-electron chi connectivity index (χ4n) is 0.708. The fourth-order valence-corrected chi connectivity index (χ4v) is 0.708. The molecule has 3 nitrogen and oxygen atoms in total. The SMILES string of the molecule is C/C=C\C(=N)C(=NC)NCC. The van der Waals surface area contributed by atoms with Gasteiger partial charge in [-0.15, -0.1) is 0 Å². The predicted molar refractivity (Wildman–Crippen MR) is 49.6 cm³/mol. The third kappa shape index (κ3) is 3.55. The first-order valence-corrected chi connectivity index (χ1v) is 3.68. The van der Waals surface area contributed by atoms with Crippen molar-refractivity contribution in [1.82, 2.24) is 5.32 Å². The Hall–Kier alpha value is -1.12. The molecule has 0 saturated carbocycles. The molecule has 0 aromatic heterocycles. The molecule has 11 heavy (non-hydrogen) atoms. The highest BCUT2D eigenvalue weighted by molar-refractivity contribution is 6.44. The van der Waals surface area contributed by atoms with Crippen molar-refractivity contribution in [3.05, 3.63) is 12.2 Å². The molecule has 0 heterocycles. The Labute approximate surface area is 67.7 Å². The van der Waals surface area contributed by atoms with E-state index in [1.165, 1.54) is 0 Å². The lowest BCUT2D eigenvalue weighted by molar-refractivity contribution is 0.971. The number of hydrogen-bond donors (Lipinski definition) is 2. The summed E-state index contributed by atoms with van der Waals surface area (Å²) in [5, 5.41) is 10.5. The van der Waals surface area contributed by atoms with E-state index in [0.29, 0.717) is 11.5 Å². The summed E-state index contributed by atoms with van der Waals surface area (Å²) in [6.45, 7) is 4.66. The maximum absolute atomic E-state index is 7.47. The largest absolute Gasteiger partial charge is 0.369 e. The van der Waals surface area contributed by atoms with Crippen LogP contribution in [0.25, 0.3) is 0 Å². The van der Waals surface area contributed by atoms with Crippen molar-refractivity contribution in [2.24, 2.45) is 4.99 Å². The molecule has 0 unspecified atom stereocenters. The maximum Gasteiger partial charge on any atom is 0.146 e. The molecule has 3 heteroatoms. The summed E-state index contributed by atoms with van der Waals surface area (Å²) in [6.07, 6.45) is 3.54. The van der Waals surface area contributed by atoms with Gasteiger partial charge < -0.3 is 5.32 Å². The number of rotatable bonds is 3. The second-order valence-corrected chi connectivity index (χ2v) is 2.02. The quantitative estimate of drug-likeness (QED) is 0.465. The monoisotopic (exact) mass is 153 g/mol. The van der Waals surface area contributed by atoms with Crippen LogP contribution >= 0.6 is 0 Å². The van der Waals surface area contributed by atoms with E-state index in [1.807, 2.05) is 19.9 Å². The van der Waals surface area contributed by atoms with Crippen molar-refractivity contribution >= 4 is 11.5 Å². The summed E-state index contributed by atoms with van der Waals surface area (Å²) in [5.74, 6) is 0.644. The highest BCUT2D eigenvalue weighted by atomic mass is 15.0. The van der Waals surface area contributed by atoms with Crippen LogP contribution in [0.3, 0.4) is 0 Å². The molecule has 0 atom stereocenters. The minimum absolute atomic E-state index is 0.428. The van der Waals surface area contributed by atoms with Crippen LogP contribution < -0.4 is 5.32 Å². The van der Waals surface area contributed by atoms with Gasteiger partial charge in [0.2, 0.25) is 0 Å². The molecule has 0 aromatic carbocycles. The van der Waals surface area contributed by atoms with Gasteiger partial charge in [0, 0.05) is 13.6 Å². The summed E-state index contributed by atoms with van der Waals surface area (Å²) in [6, 6.07) is 0. The van der Waals surface area contributed by atoms with Crippen molar-refractivity contribution in [2.75, 3.05) is 13.6 Å². The van der Waals surface area contributed by atoms with Crippen molar-refractivity contribution in [3.8, 4) is 0 Å². The normalized spacial score (nSPS) is 12.1. The summed E-state index contributed by atoms with van der Waals surface area (Å²) < 4.78 is 0. The number of nitrogens with zero attached hydrogens (tertiary/aromatic N) is 1. The summed E-state index contributed by atoms with van der Waals surface area (Å²) in [4.78, 5) is 3.93. The van der Waals surface area contributed by atoms with Gasteiger partial charge in [-0.25, -0.2) is 0 Å². The van der Waals surface area contributed by atoms with Gasteiger partial charge in [-0.2, -0.15) is 0 Å². The first-order chi connectivity index (χ1) is 5.26. The van der Waals surface area contributed by atoms with Crippen LogP contribution in [0.2, 0.25) is 0 Å². The standard InChI is InChI=1S/C8H15N3/c1-4-6-7(9)8(10-3)11-5-2/h4,6,9H,5H2,1-3H3,(H,10,11)/b6-4-,9-7?. The van der Waals surface area contributed by atoms with Gasteiger partial charge in [-0.3, -0.25) is 10.4 Å². The van der Waals surface area contributed by atoms with Crippen LogP contribution in [0.1, 0.15) is 13.8 Å². The minimum Gasteiger partial charge on any atom is -0.369 e. The lowest BCUT2D eigenvalue weighted by Gasteiger charge is -2.03. The topological polar surface area (TPSA) is 48.2 Å². The molecule has 0 bridgehead atoms. The van der Waals surface area contributed by atoms with Crippen molar-refractivity contribution in [3.63, 3.8) is 0 Å². The molecule has 0 rings (SSSR count). The van der Waals surface area contributed by atoms with E-state index in [4.69, 9.17) is 5.41 Å². The van der Waals surface area contributed by atoms with Crippen molar-refractivity contribution in [2.45, 2.75) is 13.8 Å². The first-order valence-electron chi connectivity index (χ1n) is 3.68. The Kier molecular flexibility index (Phi) is 5.07. The molecule has 0 aliphatic heterocycles. The van der Waals surface area contributed by atoms with E-state index in [2.05, 4.69) is 10.3 Å². The van der Waals surface area contributed by atoms with E-state index in [-0.39, 0.29) is 0 Å². The van der Waals surface area contributed by atoms with E-state index >= 15 is 0 Å². The van der Waals surface area contributed by atoms with Gasteiger partial charge in [0.25, 0.3) is 0 Å². The molecule has 0 amide bonds. The zero-order valence-electron chi connectivity index (χ0n) is 7.31. The Bertz CT molecular complexity index is 180. The molecule has 0 aliphatic rings. The molecule has 2 N–H and O–H groups in total. The molecule has 0 radical (unpaired) electrons. The van der Waals surface area contributed by atoms with Crippen molar-refractivity contribution in [1.29, 1.82) is 5.41 Å². The lowest BCUT2D eigenvalue weighted by Crippen LogP contribution is -2.29. The minimum atomic E-state index is 0.428. The number of hydrogen-bond acceptors (Lipinski definition) is 2. The summed E-state index contributed by atoms with van der Waals surface area (Å²) in [7, 11) is 1.68. The van der Waals surface area contributed by atoms with Crippen LogP contribution in [-0.2, 0) is 0 Å². The fraction of sp³-hybridized carbons (Fsp3) is 0.500. The van der Waals surface area contributed by atoms with E-state index in [1.54, 1.807) is 13.1 Å². The van der Waals surface area contributed by atoms with E-state index in [0.717, 1.165) is 6.54 Å². The zero-order chi connectivity index (χ0) is 8.69. The van der Waals surface area contributed by atoms with Gasteiger partial charge >= 0.3 is 0 Å². The van der Waals surface area contributed by atoms with Crippen LogP contribution in [0, 0.1) is 5.41 Å². The molecule has 0 spiro atoms. The highest BCUT2D eigenvalue weighted by Crippen LogP contribution is 1.81. The zero-order valence-corrected chi connectivity index (χ0v) is 7.31. The van der Waals surface area contributed by atoms with Crippen LogP contribution in [0.5, 0.6) is 0 Å². The van der Waals surface area contributed by atoms with Gasteiger partial charge in [-0.1, -0.05) is 6.08 Å². The smallest absolute Gasteiger partial charge is 0.146 e. The average molecular weight is 153 g/mol. The molecule has 0 fully saturated rings. The predicted octanol–water partition coefficient (Wildman–Crippen LogP) is 1.22. The summed E-state index contributed by atoms with van der Waals surface area (Å²) >= 11 is 0. The van der Waals surface area contributed by atoms with Gasteiger partial charge in [0.05, 0.1) is 5.71 Å². The molecular weight excluding hydrogens is 138 g/mol. The molecular formula is C8H15N3. The number of allylic oxidation sites excluding steroid dienone is 1. The number of aliphatic imine (C=N–C) groups is 1.